The van der Waals surface area contributed by atoms with E-state index in [-0.39, 0.29) is 12.4 Å². The molecular formula is C14H24Cl2N2. The van der Waals surface area contributed by atoms with Crippen LogP contribution in [0.3, 0.4) is 0 Å². The van der Waals surface area contributed by atoms with Crippen LogP contribution in [0.2, 0.25) is 0 Å². The van der Waals surface area contributed by atoms with Crippen LogP contribution in [0.1, 0.15) is 32.0 Å². The second kappa shape index (κ2) is 12.9. The molecule has 0 bridgehead atoms. The normalized spacial score (nSPS) is 9.17. The fraction of sp³-hybridized carbons (Fsp3) is 0.500. The number of aromatic nitrogens is 1. The van der Waals surface area contributed by atoms with Gasteiger partial charge in [0.15, 0.2) is 0 Å². The Morgan fingerprint density at radius 1 is 1.22 bits per heavy atom. The van der Waals surface area contributed by atoms with Crippen LogP contribution < -0.4 is 0 Å². The predicted octanol–water partition coefficient (Wildman–Crippen LogP) is 4.23. The number of nitrogens with zero attached hydrogens (tertiary/aromatic N) is 2. The van der Waals surface area contributed by atoms with Crippen molar-refractivity contribution in [3.63, 3.8) is 0 Å². The van der Waals surface area contributed by atoms with E-state index < -0.39 is 0 Å². The number of alkyl halides is 1. The van der Waals surface area contributed by atoms with Crippen molar-refractivity contribution in [2.45, 2.75) is 26.7 Å². The fourth-order valence-electron chi connectivity index (χ4n) is 1.31. The van der Waals surface area contributed by atoms with E-state index in [2.05, 4.69) is 37.2 Å². The van der Waals surface area contributed by atoms with Gasteiger partial charge in [-0.15, -0.1) is 24.0 Å². The Balaban J connectivity index is 0. The highest BCUT2D eigenvalue weighted by Crippen LogP contribution is 2.02. The zero-order valence-corrected chi connectivity index (χ0v) is 13.1. The van der Waals surface area contributed by atoms with Gasteiger partial charge in [-0.25, -0.2) is 0 Å². The summed E-state index contributed by atoms with van der Waals surface area (Å²) in [6.45, 7) is 13.7. The summed E-state index contributed by atoms with van der Waals surface area (Å²) in [5.41, 5.74) is 1.92. The van der Waals surface area contributed by atoms with Crippen LogP contribution >= 0.6 is 24.0 Å². The molecule has 1 aromatic rings. The molecule has 0 atom stereocenters. The zero-order chi connectivity index (χ0) is 13.1. The van der Waals surface area contributed by atoms with Crippen molar-refractivity contribution in [2.24, 2.45) is 0 Å². The van der Waals surface area contributed by atoms with E-state index in [0.29, 0.717) is 5.88 Å². The minimum absolute atomic E-state index is 0. The number of halogens is 2. The molecule has 104 valence electrons. The molecule has 0 spiro atoms. The highest BCUT2D eigenvalue weighted by atomic mass is 35.5. The van der Waals surface area contributed by atoms with Gasteiger partial charge < -0.3 is 4.90 Å². The Kier molecular flexibility index (Phi) is 14.1. The van der Waals surface area contributed by atoms with Gasteiger partial charge in [-0.2, -0.15) is 0 Å². The van der Waals surface area contributed by atoms with E-state index >= 15 is 0 Å². The van der Waals surface area contributed by atoms with Gasteiger partial charge in [-0.1, -0.05) is 39.5 Å². The van der Waals surface area contributed by atoms with Gasteiger partial charge in [0.2, 0.25) is 0 Å². The molecule has 2 nitrogen and oxygen atoms in total. The summed E-state index contributed by atoms with van der Waals surface area (Å²) in [4.78, 5) is 6.44. The van der Waals surface area contributed by atoms with Crippen molar-refractivity contribution < 1.29 is 0 Å². The molecule has 0 saturated heterocycles. The minimum Gasteiger partial charge on any atom is -0.304 e. The third-order valence-corrected chi connectivity index (χ3v) is 2.84. The van der Waals surface area contributed by atoms with Gasteiger partial charge in [-0.05, 0) is 31.3 Å². The summed E-state index contributed by atoms with van der Waals surface area (Å²) < 4.78 is 0. The first kappa shape index (κ1) is 19.8. The standard InChI is InChI=1S/C8H8ClN.C6H15N.ClH/c1-2-7-3-4-8(5-9)10-6-7;1-4-7(5-2)6-3;/h2-4,6H,1,5H2;4-6H2,1-3H3;1H. The zero-order valence-electron chi connectivity index (χ0n) is 11.5. The summed E-state index contributed by atoms with van der Waals surface area (Å²) >= 11 is 5.53. The molecule has 1 aromatic heterocycles. The van der Waals surface area contributed by atoms with Gasteiger partial charge in [-0.3, -0.25) is 4.98 Å². The minimum atomic E-state index is 0. The molecule has 0 aliphatic heterocycles. The lowest BCUT2D eigenvalue weighted by Crippen LogP contribution is -2.21. The van der Waals surface area contributed by atoms with E-state index in [9.17, 15) is 0 Å². The van der Waals surface area contributed by atoms with Crippen LogP contribution in [0.5, 0.6) is 0 Å². The van der Waals surface area contributed by atoms with E-state index in [0.717, 1.165) is 11.3 Å². The van der Waals surface area contributed by atoms with Gasteiger partial charge in [0.1, 0.15) is 0 Å². The molecule has 18 heavy (non-hydrogen) atoms. The largest absolute Gasteiger partial charge is 0.304 e. The SMILES string of the molecule is C=Cc1ccc(CCl)nc1.CCN(CC)CC.Cl. The maximum absolute atomic E-state index is 5.53. The monoisotopic (exact) mass is 290 g/mol. The van der Waals surface area contributed by atoms with E-state index in [1.165, 1.54) is 19.6 Å². The van der Waals surface area contributed by atoms with Crippen molar-refractivity contribution in [1.29, 1.82) is 0 Å². The van der Waals surface area contributed by atoms with Gasteiger partial charge in [0.25, 0.3) is 0 Å². The quantitative estimate of drug-likeness (QED) is 0.755. The Morgan fingerprint density at radius 3 is 2.00 bits per heavy atom. The fourth-order valence-corrected chi connectivity index (χ4v) is 1.46. The highest BCUT2D eigenvalue weighted by Gasteiger charge is 1.89. The molecule has 0 fully saturated rings. The lowest BCUT2D eigenvalue weighted by molar-refractivity contribution is 0.321. The summed E-state index contributed by atoms with van der Waals surface area (Å²) in [6.07, 6.45) is 3.51. The Hall–Kier alpha value is -0.570. The smallest absolute Gasteiger partial charge is 0.0647 e. The summed E-state index contributed by atoms with van der Waals surface area (Å²) in [6, 6.07) is 3.84. The maximum atomic E-state index is 5.53. The number of hydrogen-bond donors (Lipinski definition) is 0. The van der Waals surface area contributed by atoms with Crippen molar-refractivity contribution in [3.05, 3.63) is 36.2 Å². The lowest BCUT2D eigenvalue weighted by atomic mass is 10.2. The first-order valence-corrected chi connectivity index (χ1v) is 6.60. The second-order valence-corrected chi connectivity index (χ2v) is 3.81. The van der Waals surface area contributed by atoms with Gasteiger partial charge >= 0.3 is 0 Å². The van der Waals surface area contributed by atoms with E-state index in [1.54, 1.807) is 12.3 Å². The van der Waals surface area contributed by atoms with Crippen molar-refractivity contribution in [3.8, 4) is 0 Å². The van der Waals surface area contributed by atoms with Crippen LogP contribution in [0.15, 0.2) is 24.9 Å². The third-order valence-electron chi connectivity index (χ3n) is 2.56. The van der Waals surface area contributed by atoms with Gasteiger partial charge in [0.05, 0.1) is 11.6 Å². The first-order valence-electron chi connectivity index (χ1n) is 6.07. The average Bonchev–Trinajstić information content (AvgIpc) is 2.41. The number of rotatable bonds is 5. The molecule has 1 heterocycles. The van der Waals surface area contributed by atoms with Crippen molar-refractivity contribution in [1.82, 2.24) is 9.88 Å². The molecule has 1 rings (SSSR count). The molecule has 0 saturated carbocycles. The van der Waals surface area contributed by atoms with Gasteiger partial charge in [0, 0.05) is 6.20 Å². The molecule has 0 aliphatic carbocycles. The summed E-state index contributed by atoms with van der Waals surface area (Å²) in [7, 11) is 0. The number of pyridine rings is 1. The van der Waals surface area contributed by atoms with Crippen LogP contribution in [0.4, 0.5) is 0 Å². The molecule has 0 unspecified atom stereocenters. The Morgan fingerprint density at radius 2 is 1.78 bits per heavy atom. The summed E-state index contributed by atoms with van der Waals surface area (Å²) in [5, 5.41) is 0. The van der Waals surface area contributed by atoms with E-state index in [1.807, 2.05) is 12.1 Å². The molecular weight excluding hydrogens is 267 g/mol. The van der Waals surface area contributed by atoms with Crippen LogP contribution in [0, 0.1) is 0 Å². The summed E-state index contributed by atoms with van der Waals surface area (Å²) in [5.74, 6) is 0.470. The van der Waals surface area contributed by atoms with Crippen LogP contribution in [0.25, 0.3) is 6.08 Å². The highest BCUT2D eigenvalue weighted by molar-refractivity contribution is 6.16. The third kappa shape index (κ3) is 8.51. The van der Waals surface area contributed by atoms with Crippen LogP contribution in [-0.4, -0.2) is 29.5 Å². The topological polar surface area (TPSA) is 16.1 Å². The second-order valence-electron chi connectivity index (χ2n) is 3.54. The number of hydrogen-bond acceptors (Lipinski definition) is 2. The van der Waals surface area contributed by atoms with Crippen molar-refractivity contribution in [2.75, 3.05) is 19.6 Å². The molecule has 0 amide bonds. The Bertz CT molecular complexity index is 290. The van der Waals surface area contributed by atoms with Crippen LogP contribution in [-0.2, 0) is 5.88 Å². The van der Waals surface area contributed by atoms with Crippen molar-refractivity contribution >= 4 is 30.1 Å². The first-order chi connectivity index (χ1) is 8.21. The average molecular weight is 291 g/mol. The molecule has 4 heteroatoms. The molecule has 0 radical (unpaired) electrons. The maximum Gasteiger partial charge on any atom is 0.0647 e. The predicted molar refractivity (Wildman–Crippen MR) is 84.6 cm³/mol. The lowest BCUT2D eigenvalue weighted by Gasteiger charge is -2.13. The molecule has 0 aliphatic rings. The Labute approximate surface area is 122 Å². The molecule has 0 aromatic carbocycles. The van der Waals surface area contributed by atoms with E-state index in [4.69, 9.17) is 11.6 Å². The molecule has 0 N–H and O–H groups in total.